The first-order chi connectivity index (χ1) is 5.58. The van der Waals surface area contributed by atoms with Gasteiger partial charge in [0.15, 0.2) is 5.96 Å². The molecule has 0 amide bonds. The number of rotatable bonds is 1. The Kier molecular flexibility index (Phi) is 2.65. The monoisotopic (exact) mass is 231 g/mol. The number of benzene rings is 1. The highest BCUT2D eigenvalue weighted by atomic mass is 79.9. The third-order valence-corrected chi connectivity index (χ3v) is 1.56. The summed E-state index contributed by atoms with van der Waals surface area (Å²) in [6.45, 7) is 0. The Balaban J connectivity index is 3.09. The lowest BCUT2D eigenvalue weighted by molar-refractivity contribution is 0.627. The molecule has 0 spiro atoms. The molecule has 0 aliphatic rings. The van der Waals surface area contributed by atoms with Gasteiger partial charge in [0.25, 0.3) is 0 Å². The molecule has 12 heavy (non-hydrogen) atoms. The molecule has 3 nitrogen and oxygen atoms in total. The van der Waals surface area contributed by atoms with Crippen LogP contribution in [0.5, 0.6) is 0 Å². The van der Waals surface area contributed by atoms with Gasteiger partial charge in [-0.3, -0.25) is 0 Å². The molecule has 0 bridgehead atoms. The first kappa shape index (κ1) is 8.99. The first-order valence-electron chi connectivity index (χ1n) is 3.13. The van der Waals surface area contributed by atoms with E-state index in [9.17, 15) is 4.39 Å². The minimum absolute atomic E-state index is 0.0903. The van der Waals surface area contributed by atoms with Crippen LogP contribution in [0.15, 0.2) is 27.7 Å². The summed E-state index contributed by atoms with van der Waals surface area (Å²) in [5.41, 5.74) is 10.6. The molecule has 0 radical (unpaired) electrons. The quantitative estimate of drug-likeness (QED) is 0.569. The van der Waals surface area contributed by atoms with Crippen molar-refractivity contribution in [2.24, 2.45) is 16.5 Å². The molecule has 0 fully saturated rings. The van der Waals surface area contributed by atoms with Crippen LogP contribution in [0.3, 0.4) is 0 Å². The highest BCUT2D eigenvalue weighted by Crippen LogP contribution is 2.20. The average molecular weight is 232 g/mol. The molecule has 0 aliphatic carbocycles. The van der Waals surface area contributed by atoms with E-state index in [1.54, 1.807) is 6.07 Å². The smallest absolute Gasteiger partial charge is 0.191 e. The van der Waals surface area contributed by atoms with Crippen LogP contribution in [0, 0.1) is 5.82 Å². The maximum absolute atomic E-state index is 12.7. The van der Waals surface area contributed by atoms with Gasteiger partial charge in [0.05, 0.1) is 5.69 Å². The second-order valence-corrected chi connectivity index (χ2v) is 3.08. The van der Waals surface area contributed by atoms with Crippen LogP contribution in [0.1, 0.15) is 0 Å². The lowest BCUT2D eigenvalue weighted by Crippen LogP contribution is -2.21. The van der Waals surface area contributed by atoms with Crippen LogP contribution in [0.4, 0.5) is 10.1 Å². The Labute approximate surface area is 77.4 Å². The highest BCUT2D eigenvalue weighted by molar-refractivity contribution is 9.10. The van der Waals surface area contributed by atoms with Crippen molar-refractivity contribution in [3.8, 4) is 0 Å². The van der Waals surface area contributed by atoms with Gasteiger partial charge in [-0.05, 0) is 18.2 Å². The van der Waals surface area contributed by atoms with Gasteiger partial charge in [-0.1, -0.05) is 15.9 Å². The Bertz CT molecular complexity index is 300. The van der Waals surface area contributed by atoms with Crippen molar-refractivity contribution in [1.82, 2.24) is 0 Å². The van der Waals surface area contributed by atoms with Gasteiger partial charge in [-0.25, -0.2) is 9.38 Å². The predicted molar refractivity (Wildman–Crippen MR) is 49.6 cm³/mol. The second kappa shape index (κ2) is 3.53. The molecule has 0 aromatic heterocycles. The molecule has 4 N–H and O–H groups in total. The number of hydrogen-bond donors (Lipinski definition) is 2. The van der Waals surface area contributed by atoms with E-state index >= 15 is 0 Å². The van der Waals surface area contributed by atoms with Crippen molar-refractivity contribution < 1.29 is 4.39 Å². The fraction of sp³-hybridized carbons (Fsp3) is 0. The largest absolute Gasteiger partial charge is 0.370 e. The summed E-state index contributed by atoms with van der Waals surface area (Å²) in [6, 6.07) is 4.18. The second-order valence-electron chi connectivity index (χ2n) is 2.16. The highest BCUT2D eigenvalue weighted by Gasteiger charge is 1.96. The lowest BCUT2D eigenvalue weighted by Gasteiger charge is -1.96. The van der Waals surface area contributed by atoms with Gasteiger partial charge in [-0.2, -0.15) is 0 Å². The number of nitrogens with zero attached hydrogens (tertiary/aromatic N) is 1. The van der Waals surface area contributed by atoms with Crippen LogP contribution in [0.25, 0.3) is 0 Å². The van der Waals surface area contributed by atoms with E-state index in [0.717, 1.165) is 0 Å². The Morgan fingerprint density at radius 3 is 2.50 bits per heavy atom. The molecule has 5 heteroatoms. The maximum Gasteiger partial charge on any atom is 0.191 e. The molecule has 0 heterocycles. The first-order valence-corrected chi connectivity index (χ1v) is 3.93. The zero-order valence-electron chi connectivity index (χ0n) is 6.09. The van der Waals surface area contributed by atoms with Gasteiger partial charge < -0.3 is 11.5 Å². The summed E-state index contributed by atoms with van der Waals surface area (Å²) < 4.78 is 13.3. The molecule has 64 valence electrons. The van der Waals surface area contributed by atoms with Crippen LogP contribution < -0.4 is 11.5 Å². The van der Waals surface area contributed by atoms with E-state index in [4.69, 9.17) is 11.5 Å². The van der Waals surface area contributed by atoms with E-state index in [0.29, 0.717) is 10.2 Å². The number of hydrogen-bond acceptors (Lipinski definition) is 1. The van der Waals surface area contributed by atoms with Crippen LogP contribution in [-0.2, 0) is 0 Å². The van der Waals surface area contributed by atoms with Gasteiger partial charge >= 0.3 is 0 Å². The summed E-state index contributed by atoms with van der Waals surface area (Å²) in [7, 11) is 0. The van der Waals surface area contributed by atoms with Crippen molar-refractivity contribution >= 4 is 27.6 Å². The minimum Gasteiger partial charge on any atom is -0.370 e. The molecule has 1 rings (SSSR count). The molecule has 0 saturated heterocycles. The van der Waals surface area contributed by atoms with Gasteiger partial charge in [0.1, 0.15) is 5.82 Å². The SMILES string of the molecule is NC(N)=Nc1cc(F)cc(Br)c1. The van der Waals surface area contributed by atoms with Crippen molar-refractivity contribution in [2.45, 2.75) is 0 Å². The Morgan fingerprint density at radius 1 is 1.33 bits per heavy atom. The van der Waals surface area contributed by atoms with Crippen molar-refractivity contribution in [3.05, 3.63) is 28.5 Å². The topological polar surface area (TPSA) is 64.4 Å². The minimum atomic E-state index is -0.385. The number of guanidine groups is 1. The summed E-state index contributed by atoms with van der Waals surface area (Å²) in [4.78, 5) is 3.68. The number of aliphatic imine (C=N–C) groups is 1. The third kappa shape index (κ3) is 2.50. The lowest BCUT2D eigenvalue weighted by atomic mass is 10.3. The number of halogens is 2. The molecule has 0 atom stereocenters. The Morgan fingerprint density at radius 2 is 2.00 bits per heavy atom. The van der Waals surface area contributed by atoms with E-state index in [1.165, 1.54) is 12.1 Å². The van der Waals surface area contributed by atoms with E-state index in [1.807, 2.05) is 0 Å². The Hall–Kier alpha value is -1.10. The van der Waals surface area contributed by atoms with Crippen LogP contribution >= 0.6 is 15.9 Å². The number of nitrogens with two attached hydrogens (primary N) is 2. The van der Waals surface area contributed by atoms with E-state index < -0.39 is 0 Å². The fourth-order valence-corrected chi connectivity index (χ4v) is 1.21. The zero-order chi connectivity index (χ0) is 9.14. The fourth-order valence-electron chi connectivity index (χ4n) is 0.753. The van der Waals surface area contributed by atoms with Crippen LogP contribution in [0.2, 0.25) is 0 Å². The summed E-state index contributed by atoms with van der Waals surface area (Å²) in [5, 5.41) is 0. The average Bonchev–Trinajstić information content (AvgIpc) is 1.81. The molecular formula is C7H7BrFN3. The predicted octanol–water partition coefficient (Wildman–Crippen LogP) is 1.49. The molecule has 1 aromatic carbocycles. The standard InChI is InChI=1S/C7H7BrFN3/c8-4-1-5(9)3-6(2-4)12-7(10)11/h1-3H,(H4,10,11,12). The van der Waals surface area contributed by atoms with Crippen LogP contribution in [-0.4, -0.2) is 5.96 Å². The summed E-state index contributed by atoms with van der Waals surface area (Å²) >= 11 is 3.11. The third-order valence-electron chi connectivity index (χ3n) is 1.11. The van der Waals surface area contributed by atoms with Crippen molar-refractivity contribution in [2.75, 3.05) is 0 Å². The summed E-state index contributed by atoms with van der Waals surface area (Å²) in [6.07, 6.45) is 0. The molecular weight excluding hydrogens is 225 g/mol. The van der Waals surface area contributed by atoms with E-state index in [-0.39, 0.29) is 11.8 Å². The zero-order valence-corrected chi connectivity index (χ0v) is 7.68. The van der Waals surface area contributed by atoms with Gasteiger partial charge in [-0.15, -0.1) is 0 Å². The maximum atomic E-state index is 12.7. The normalized spacial score (nSPS) is 9.50. The molecule has 1 aromatic rings. The summed E-state index contributed by atoms with van der Waals surface area (Å²) in [5.74, 6) is -0.475. The van der Waals surface area contributed by atoms with Gasteiger partial charge in [0.2, 0.25) is 0 Å². The van der Waals surface area contributed by atoms with Gasteiger partial charge in [0, 0.05) is 4.47 Å². The molecule has 0 unspecified atom stereocenters. The van der Waals surface area contributed by atoms with Crippen molar-refractivity contribution in [1.29, 1.82) is 0 Å². The van der Waals surface area contributed by atoms with Crippen molar-refractivity contribution in [3.63, 3.8) is 0 Å². The van der Waals surface area contributed by atoms with E-state index in [2.05, 4.69) is 20.9 Å². The molecule has 0 aliphatic heterocycles. The molecule has 0 saturated carbocycles.